The molecule has 0 fully saturated rings. The second kappa shape index (κ2) is 11.7. The first kappa shape index (κ1) is 17.6. The van der Waals surface area contributed by atoms with Crippen LogP contribution in [0, 0.1) is 0 Å². The number of rotatable bonds is 12. The molecule has 0 atom stereocenters. The Hall–Kier alpha value is 0.580. The standard InChI is InChI=1S/4C3H8N.Ta/c4*1-2-3-4;/h4*4H,2-3H2,1H3;/q4*-1;+4. The maximum absolute atomic E-state index is 3.77. The van der Waals surface area contributed by atoms with E-state index < -0.39 is 18.2 Å². The SMILES string of the molecule is CCC[NH][Ta]([NH]CCC)([NH]CCC)[NH]CCC. The molecule has 4 nitrogen and oxygen atoms in total. The molecule has 0 saturated carbocycles. The summed E-state index contributed by atoms with van der Waals surface area (Å²) in [6, 6.07) is 0. The first-order valence-corrected chi connectivity index (χ1v) is 13.6. The summed E-state index contributed by atoms with van der Waals surface area (Å²) in [6.45, 7) is 13.3. The Kier molecular flexibility index (Phi) is 12.1. The van der Waals surface area contributed by atoms with Gasteiger partial charge in [-0.05, 0) is 0 Å². The maximum atomic E-state index is 3.77. The fourth-order valence-corrected chi connectivity index (χ4v) is 11.9. The second-order valence-electron chi connectivity index (χ2n) is 4.30. The third-order valence-corrected chi connectivity index (χ3v) is 12.4. The molecule has 0 aromatic carbocycles. The van der Waals surface area contributed by atoms with E-state index in [1.165, 1.54) is 25.7 Å². The van der Waals surface area contributed by atoms with E-state index >= 15 is 0 Å². The Labute approximate surface area is 113 Å². The molecule has 0 unspecified atom stereocenters. The van der Waals surface area contributed by atoms with Crippen LogP contribution in [0.1, 0.15) is 53.4 Å². The Morgan fingerprint density at radius 3 is 0.941 bits per heavy atom. The average Bonchev–Trinajstić information content (AvgIpc) is 2.37. The Morgan fingerprint density at radius 2 is 0.765 bits per heavy atom. The molecule has 0 saturated heterocycles. The van der Waals surface area contributed by atoms with E-state index in [0.717, 1.165) is 26.2 Å². The van der Waals surface area contributed by atoms with E-state index in [-0.39, 0.29) is 0 Å². The van der Waals surface area contributed by atoms with Crippen molar-refractivity contribution in [1.29, 1.82) is 0 Å². The minimum atomic E-state index is -2.75. The summed E-state index contributed by atoms with van der Waals surface area (Å²) >= 11 is -2.75. The Morgan fingerprint density at radius 1 is 0.529 bits per heavy atom. The summed E-state index contributed by atoms with van der Waals surface area (Å²) in [6.07, 6.45) is 4.76. The Bertz CT molecular complexity index is 129. The molecule has 5 heteroatoms. The van der Waals surface area contributed by atoms with E-state index in [1.807, 2.05) is 0 Å². The van der Waals surface area contributed by atoms with Crippen LogP contribution in [-0.2, 0) is 18.2 Å². The van der Waals surface area contributed by atoms with Crippen LogP contribution in [0.2, 0.25) is 0 Å². The van der Waals surface area contributed by atoms with Crippen molar-refractivity contribution >= 4 is 0 Å². The van der Waals surface area contributed by atoms with Crippen LogP contribution >= 0.6 is 0 Å². The van der Waals surface area contributed by atoms with Crippen molar-refractivity contribution in [1.82, 2.24) is 14.9 Å². The first-order chi connectivity index (χ1) is 8.24. The van der Waals surface area contributed by atoms with Crippen LogP contribution in [0.5, 0.6) is 0 Å². The van der Waals surface area contributed by atoms with E-state index in [0.29, 0.717) is 0 Å². The van der Waals surface area contributed by atoms with Crippen molar-refractivity contribution < 1.29 is 18.2 Å². The van der Waals surface area contributed by atoms with Gasteiger partial charge in [-0.15, -0.1) is 0 Å². The van der Waals surface area contributed by atoms with Crippen LogP contribution in [-0.4, -0.2) is 26.2 Å². The van der Waals surface area contributed by atoms with E-state index in [4.69, 9.17) is 0 Å². The minimum absolute atomic E-state index is 1.10. The van der Waals surface area contributed by atoms with Crippen LogP contribution in [0.3, 0.4) is 0 Å². The van der Waals surface area contributed by atoms with Gasteiger partial charge < -0.3 is 0 Å². The predicted molar refractivity (Wildman–Crippen MR) is 73.2 cm³/mol. The zero-order valence-corrected chi connectivity index (χ0v) is 15.3. The monoisotopic (exact) mass is 413 g/mol. The van der Waals surface area contributed by atoms with Gasteiger partial charge in [-0.1, -0.05) is 0 Å². The van der Waals surface area contributed by atoms with Gasteiger partial charge in [-0.2, -0.15) is 0 Å². The molecule has 0 heterocycles. The molecule has 0 spiro atoms. The third kappa shape index (κ3) is 8.32. The second-order valence-corrected chi connectivity index (χ2v) is 13.7. The Balaban J connectivity index is 4.39. The zero-order chi connectivity index (χ0) is 13.0. The van der Waals surface area contributed by atoms with Crippen molar-refractivity contribution in [3.05, 3.63) is 0 Å². The molecule has 0 aromatic rings. The molecule has 0 aliphatic heterocycles. The van der Waals surface area contributed by atoms with Gasteiger partial charge >= 0.3 is 113 Å². The summed E-state index contributed by atoms with van der Waals surface area (Å²) in [4.78, 5) is 0. The first-order valence-electron chi connectivity index (χ1n) is 7.14. The summed E-state index contributed by atoms with van der Waals surface area (Å²) < 4.78 is 15.1. The van der Waals surface area contributed by atoms with E-state index in [9.17, 15) is 0 Å². The summed E-state index contributed by atoms with van der Waals surface area (Å²) in [5.74, 6) is 0. The van der Waals surface area contributed by atoms with Gasteiger partial charge in [-0.3, -0.25) is 0 Å². The van der Waals surface area contributed by atoms with Crippen molar-refractivity contribution in [2.24, 2.45) is 0 Å². The van der Waals surface area contributed by atoms with E-state index in [1.54, 1.807) is 0 Å². The molecule has 0 bridgehead atoms. The quantitative estimate of drug-likeness (QED) is 0.394. The van der Waals surface area contributed by atoms with Gasteiger partial charge in [0.1, 0.15) is 0 Å². The molecule has 0 aliphatic rings. The van der Waals surface area contributed by atoms with Crippen LogP contribution in [0.4, 0.5) is 0 Å². The topological polar surface area (TPSA) is 48.1 Å². The summed E-state index contributed by atoms with van der Waals surface area (Å²) in [5, 5.41) is 0. The zero-order valence-electron chi connectivity index (χ0n) is 12.1. The predicted octanol–water partition coefficient (Wildman–Crippen LogP) is 1.80. The van der Waals surface area contributed by atoms with Gasteiger partial charge in [-0.25, -0.2) is 0 Å². The molecule has 105 valence electrons. The molecule has 0 amide bonds. The number of nitrogens with one attached hydrogen (secondary N) is 4. The molecular formula is C12H32N4Ta. The number of hydrogen-bond donors (Lipinski definition) is 4. The van der Waals surface area contributed by atoms with Crippen LogP contribution in [0.25, 0.3) is 0 Å². The van der Waals surface area contributed by atoms with E-state index in [2.05, 4.69) is 42.6 Å². The van der Waals surface area contributed by atoms with Gasteiger partial charge in [0.05, 0.1) is 0 Å². The molecule has 0 radical (unpaired) electrons. The van der Waals surface area contributed by atoms with Gasteiger partial charge in [0, 0.05) is 0 Å². The average molecular weight is 413 g/mol. The molecule has 4 N–H and O–H groups in total. The van der Waals surface area contributed by atoms with Crippen molar-refractivity contribution in [3.8, 4) is 0 Å². The normalized spacial score (nSPS) is 12.0. The summed E-state index contributed by atoms with van der Waals surface area (Å²) in [5.41, 5.74) is 0. The fourth-order valence-electron chi connectivity index (χ4n) is 1.45. The van der Waals surface area contributed by atoms with Crippen molar-refractivity contribution in [3.63, 3.8) is 0 Å². The van der Waals surface area contributed by atoms with Gasteiger partial charge in [0.25, 0.3) is 0 Å². The van der Waals surface area contributed by atoms with Crippen LogP contribution < -0.4 is 14.9 Å². The molecule has 0 aromatic heterocycles. The van der Waals surface area contributed by atoms with Crippen LogP contribution in [0.15, 0.2) is 0 Å². The van der Waals surface area contributed by atoms with Crippen molar-refractivity contribution in [2.75, 3.05) is 26.2 Å². The summed E-state index contributed by atoms with van der Waals surface area (Å²) in [7, 11) is 0. The fraction of sp³-hybridized carbons (Fsp3) is 1.00. The molecular weight excluding hydrogens is 381 g/mol. The molecule has 17 heavy (non-hydrogen) atoms. The number of hydrogen-bond acceptors (Lipinski definition) is 4. The molecule has 0 aliphatic carbocycles. The van der Waals surface area contributed by atoms with Gasteiger partial charge in [0.2, 0.25) is 0 Å². The third-order valence-electron chi connectivity index (χ3n) is 2.40. The molecule has 0 rings (SSSR count). The van der Waals surface area contributed by atoms with Crippen molar-refractivity contribution in [2.45, 2.75) is 53.4 Å². The van der Waals surface area contributed by atoms with Gasteiger partial charge in [0.15, 0.2) is 0 Å².